The first-order chi connectivity index (χ1) is 5.45. The van der Waals surface area contributed by atoms with Crippen LogP contribution in [-0.2, 0) is 4.79 Å². The summed E-state index contributed by atoms with van der Waals surface area (Å²) in [5.74, 6) is -0.935. The van der Waals surface area contributed by atoms with Gasteiger partial charge >= 0.3 is 5.97 Å². The predicted molar refractivity (Wildman–Crippen MR) is 52.0 cm³/mol. The first-order valence-corrected chi connectivity index (χ1v) is 3.28. The highest BCUT2D eigenvalue weighted by atomic mass is 16.4. The smallest absolute Gasteiger partial charge is 0.330 e. The van der Waals surface area contributed by atoms with Crippen molar-refractivity contribution in [1.82, 2.24) is 0 Å². The van der Waals surface area contributed by atoms with Crippen molar-refractivity contribution in [3.63, 3.8) is 0 Å². The number of rotatable bonds is 3. The van der Waals surface area contributed by atoms with Crippen LogP contribution in [0.1, 0.15) is 6.92 Å². The van der Waals surface area contributed by atoms with E-state index in [0.717, 1.165) is 5.57 Å². The van der Waals surface area contributed by atoms with Gasteiger partial charge in [-0.1, -0.05) is 38.5 Å². The molecule has 0 atom stereocenters. The van der Waals surface area contributed by atoms with Crippen molar-refractivity contribution in [3.8, 4) is 0 Å². The molecule has 0 fully saturated rings. The van der Waals surface area contributed by atoms with Gasteiger partial charge in [0.05, 0.1) is 0 Å². The van der Waals surface area contributed by atoms with Crippen molar-refractivity contribution >= 4 is 5.97 Å². The number of hydrogen-bond donors (Lipinski definition) is 1. The van der Waals surface area contributed by atoms with E-state index in [1.54, 1.807) is 12.2 Å². The maximum Gasteiger partial charge on any atom is 0.330 e. The van der Waals surface area contributed by atoms with Crippen LogP contribution in [0.5, 0.6) is 0 Å². The molecule has 0 bridgehead atoms. The van der Waals surface area contributed by atoms with E-state index in [0.29, 0.717) is 0 Å². The molecular weight excluding hydrogens is 152 g/mol. The molecule has 0 aromatic carbocycles. The SMILES string of the molecule is C=C(C)C(=O)O.C=CC(=C)C=C. The Hall–Kier alpha value is -1.57. The summed E-state index contributed by atoms with van der Waals surface area (Å²) in [5, 5.41) is 7.89. The minimum atomic E-state index is -0.935. The molecule has 0 aliphatic heterocycles. The third-order valence-electron chi connectivity index (χ3n) is 0.889. The number of aliphatic carboxylic acids is 1. The molecule has 0 amide bonds. The molecule has 2 nitrogen and oxygen atoms in total. The Bertz CT molecular complexity index is 190. The highest BCUT2D eigenvalue weighted by Gasteiger charge is 1.90. The standard InChI is InChI=1S/C6H8.C4H6O2/c1-4-6(3)5-2;1-3(2)4(5)6/h4-5H,1-3H2;1H2,2H3,(H,5,6). The predicted octanol–water partition coefficient (Wildman–Crippen LogP) is 2.56. The van der Waals surface area contributed by atoms with Crippen LogP contribution in [0.4, 0.5) is 0 Å². The average Bonchev–Trinajstić information content (AvgIpc) is 2.04. The van der Waals surface area contributed by atoms with Crippen LogP contribution in [0.15, 0.2) is 49.6 Å². The molecule has 0 unspecified atom stereocenters. The fourth-order valence-corrected chi connectivity index (χ4v) is 0.0833. The van der Waals surface area contributed by atoms with Gasteiger partial charge in [-0.05, 0) is 12.5 Å². The Morgan fingerprint density at radius 1 is 1.25 bits per heavy atom. The van der Waals surface area contributed by atoms with Crippen LogP contribution in [-0.4, -0.2) is 11.1 Å². The summed E-state index contributed by atoms with van der Waals surface area (Å²) in [4.78, 5) is 9.60. The van der Waals surface area contributed by atoms with E-state index in [9.17, 15) is 4.79 Å². The van der Waals surface area contributed by atoms with Gasteiger partial charge in [0.15, 0.2) is 0 Å². The molecule has 0 saturated heterocycles. The van der Waals surface area contributed by atoms with Gasteiger partial charge in [0.2, 0.25) is 0 Å². The molecular formula is C10H14O2. The molecule has 2 heteroatoms. The summed E-state index contributed by atoms with van der Waals surface area (Å²) in [6.07, 6.45) is 3.32. The molecule has 1 N–H and O–H groups in total. The fraction of sp³-hybridized carbons (Fsp3) is 0.100. The van der Waals surface area contributed by atoms with Gasteiger partial charge in [-0.3, -0.25) is 0 Å². The van der Waals surface area contributed by atoms with Crippen molar-refractivity contribution in [1.29, 1.82) is 0 Å². The Morgan fingerprint density at radius 2 is 1.50 bits per heavy atom. The Kier molecular flexibility index (Phi) is 8.20. The van der Waals surface area contributed by atoms with E-state index in [-0.39, 0.29) is 5.57 Å². The topological polar surface area (TPSA) is 37.3 Å². The molecule has 0 spiro atoms. The van der Waals surface area contributed by atoms with Gasteiger partial charge in [-0.25, -0.2) is 4.79 Å². The Morgan fingerprint density at radius 3 is 1.50 bits per heavy atom. The van der Waals surface area contributed by atoms with Crippen molar-refractivity contribution in [2.45, 2.75) is 6.92 Å². The van der Waals surface area contributed by atoms with Crippen LogP contribution < -0.4 is 0 Å². The minimum absolute atomic E-state index is 0.176. The number of carbonyl (C=O) groups is 1. The van der Waals surface area contributed by atoms with E-state index in [4.69, 9.17) is 5.11 Å². The minimum Gasteiger partial charge on any atom is -0.478 e. The summed E-state index contributed by atoms with van der Waals surface area (Å²) < 4.78 is 0. The quantitative estimate of drug-likeness (QED) is 0.516. The van der Waals surface area contributed by atoms with Crippen molar-refractivity contribution in [2.24, 2.45) is 0 Å². The second kappa shape index (κ2) is 7.54. The number of hydrogen-bond acceptors (Lipinski definition) is 1. The van der Waals surface area contributed by atoms with Crippen LogP contribution in [0.2, 0.25) is 0 Å². The van der Waals surface area contributed by atoms with Gasteiger partial charge in [0, 0.05) is 5.57 Å². The maximum absolute atomic E-state index is 9.60. The zero-order valence-corrected chi connectivity index (χ0v) is 7.34. The van der Waals surface area contributed by atoms with E-state index in [1.165, 1.54) is 6.92 Å². The Balaban J connectivity index is 0. The monoisotopic (exact) mass is 166 g/mol. The molecule has 0 aromatic rings. The van der Waals surface area contributed by atoms with Crippen LogP contribution in [0, 0.1) is 0 Å². The molecule has 0 aromatic heterocycles. The second-order valence-electron chi connectivity index (χ2n) is 2.07. The van der Waals surface area contributed by atoms with Crippen molar-refractivity contribution < 1.29 is 9.90 Å². The average molecular weight is 166 g/mol. The summed E-state index contributed by atoms with van der Waals surface area (Å²) in [6.45, 7) is 15.1. The molecule has 0 aliphatic rings. The van der Waals surface area contributed by atoms with Gasteiger partial charge in [-0.2, -0.15) is 0 Å². The van der Waals surface area contributed by atoms with Gasteiger partial charge in [-0.15, -0.1) is 0 Å². The normalized spacial score (nSPS) is 7.08. The third kappa shape index (κ3) is 11.3. The van der Waals surface area contributed by atoms with E-state index < -0.39 is 5.97 Å². The lowest BCUT2D eigenvalue weighted by atomic mass is 10.3. The molecule has 0 aliphatic carbocycles. The fourth-order valence-electron chi connectivity index (χ4n) is 0.0833. The lowest BCUT2D eigenvalue weighted by Crippen LogP contribution is -1.92. The van der Waals surface area contributed by atoms with Crippen LogP contribution in [0.3, 0.4) is 0 Å². The largest absolute Gasteiger partial charge is 0.478 e. The highest BCUT2D eigenvalue weighted by Crippen LogP contribution is 1.86. The first-order valence-electron chi connectivity index (χ1n) is 3.28. The van der Waals surface area contributed by atoms with Crippen molar-refractivity contribution in [2.75, 3.05) is 0 Å². The van der Waals surface area contributed by atoms with E-state index in [2.05, 4.69) is 26.3 Å². The lowest BCUT2D eigenvalue weighted by molar-refractivity contribution is -0.132. The number of carboxylic acid groups (broad SMARTS) is 1. The third-order valence-corrected chi connectivity index (χ3v) is 0.889. The summed E-state index contributed by atoms with van der Waals surface area (Å²) >= 11 is 0. The number of allylic oxidation sites excluding steroid dienone is 3. The highest BCUT2D eigenvalue weighted by molar-refractivity contribution is 5.84. The van der Waals surface area contributed by atoms with Crippen LogP contribution in [0.25, 0.3) is 0 Å². The van der Waals surface area contributed by atoms with E-state index in [1.807, 2.05) is 0 Å². The second-order valence-corrected chi connectivity index (χ2v) is 2.07. The molecule has 0 heterocycles. The molecule has 0 radical (unpaired) electrons. The van der Waals surface area contributed by atoms with Gasteiger partial charge in [0.1, 0.15) is 0 Å². The summed E-state index contributed by atoms with van der Waals surface area (Å²) in [6, 6.07) is 0. The van der Waals surface area contributed by atoms with E-state index >= 15 is 0 Å². The zero-order chi connectivity index (χ0) is 10.1. The number of carboxylic acids is 1. The Labute approximate surface area is 73.2 Å². The first kappa shape index (κ1) is 13.1. The van der Waals surface area contributed by atoms with Gasteiger partial charge < -0.3 is 5.11 Å². The summed E-state index contributed by atoms with van der Waals surface area (Å²) in [5.41, 5.74) is 1.05. The molecule has 0 saturated carbocycles. The summed E-state index contributed by atoms with van der Waals surface area (Å²) in [7, 11) is 0. The molecule has 66 valence electrons. The van der Waals surface area contributed by atoms with Crippen LogP contribution >= 0.6 is 0 Å². The zero-order valence-electron chi connectivity index (χ0n) is 7.34. The lowest BCUT2D eigenvalue weighted by Gasteiger charge is -1.79. The molecule has 0 rings (SSSR count). The van der Waals surface area contributed by atoms with Crippen molar-refractivity contribution in [3.05, 3.63) is 49.6 Å². The maximum atomic E-state index is 9.60. The van der Waals surface area contributed by atoms with Gasteiger partial charge in [0.25, 0.3) is 0 Å². The molecule has 12 heavy (non-hydrogen) atoms.